The molecule has 4 aromatic rings. The Kier molecular flexibility index (Phi) is 5.04. The number of benzene rings is 3. The molecule has 1 unspecified atom stereocenters. The van der Waals surface area contributed by atoms with E-state index in [0.29, 0.717) is 6.54 Å². The molecule has 0 N–H and O–H groups in total. The summed E-state index contributed by atoms with van der Waals surface area (Å²) >= 11 is 2.95. The minimum atomic E-state index is -1.09. The largest absolute Gasteiger partial charge is 0.302 e. The molecule has 0 bridgehead atoms. The average Bonchev–Trinajstić information content (AvgIpc) is 3.53. The number of nitrogens with zero attached hydrogens (tertiary/aromatic N) is 3. The Bertz CT molecular complexity index is 1400. The zero-order valence-electron chi connectivity index (χ0n) is 18.5. The van der Waals surface area contributed by atoms with Crippen LogP contribution in [-0.4, -0.2) is 22.6 Å². The average molecular weight is 484 g/mol. The molecule has 3 heterocycles. The van der Waals surface area contributed by atoms with Crippen molar-refractivity contribution in [3.8, 4) is 11.3 Å². The van der Waals surface area contributed by atoms with Crippen molar-refractivity contribution < 1.29 is 9.59 Å². The molecule has 7 heteroatoms. The molecule has 2 aliphatic rings. The van der Waals surface area contributed by atoms with Gasteiger partial charge in [0.2, 0.25) is 10.8 Å². The number of aromatic nitrogens is 1. The van der Waals surface area contributed by atoms with Gasteiger partial charge in [0.25, 0.3) is 5.91 Å². The maximum absolute atomic E-state index is 14.1. The predicted molar refractivity (Wildman–Crippen MR) is 138 cm³/mol. The first kappa shape index (κ1) is 21.1. The van der Waals surface area contributed by atoms with Crippen molar-refractivity contribution >= 4 is 46.3 Å². The Balaban J connectivity index is 1.39. The molecule has 1 fully saturated rings. The quantitative estimate of drug-likeness (QED) is 0.379. The fourth-order valence-electron chi connectivity index (χ4n) is 4.67. The first-order chi connectivity index (χ1) is 16.6. The summed E-state index contributed by atoms with van der Waals surface area (Å²) in [6, 6.07) is 25.6. The van der Waals surface area contributed by atoms with Crippen LogP contribution in [0.1, 0.15) is 16.1 Å². The van der Waals surface area contributed by atoms with E-state index in [1.807, 2.05) is 60.0 Å². The van der Waals surface area contributed by atoms with E-state index in [4.69, 9.17) is 4.98 Å². The van der Waals surface area contributed by atoms with Crippen LogP contribution >= 0.6 is 23.1 Å². The van der Waals surface area contributed by atoms with Gasteiger partial charge in [-0.2, -0.15) is 0 Å². The van der Waals surface area contributed by atoms with Crippen molar-refractivity contribution in [1.82, 2.24) is 4.98 Å². The lowest BCUT2D eigenvalue weighted by Crippen LogP contribution is -2.49. The van der Waals surface area contributed by atoms with Crippen molar-refractivity contribution in [3.63, 3.8) is 0 Å². The van der Waals surface area contributed by atoms with E-state index in [0.717, 1.165) is 33.2 Å². The molecule has 0 saturated carbocycles. The van der Waals surface area contributed by atoms with Crippen molar-refractivity contribution in [2.45, 2.75) is 18.3 Å². The third-order valence-electron chi connectivity index (χ3n) is 6.27. The first-order valence-corrected chi connectivity index (χ1v) is 12.9. The number of rotatable bonds is 4. The predicted octanol–water partition coefficient (Wildman–Crippen LogP) is 5.60. The van der Waals surface area contributed by atoms with Crippen molar-refractivity contribution in [1.29, 1.82) is 0 Å². The highest BCUT2D eigenvalue weighted by Gasteiger charge is 2.61. The van der Waals surface area contributed by atoms with Crippen LogP contribution in [0.25, 0.3) is 11.3 Å². The zero-order valence-corrected chi connectivity index (χ0v) is 20.1. The molecule has 2 amide bonds. The highest BCUT2D eigenvalue weighted by atomic mass is 32.2. The van der Waals surface area contributed by atoms with Crippen LogP contribution < -0.4 is 9.80 Å². The number of para-hydroxylation sites is 2. The summed E-state index contributed by atoms with van der Waals surface area (Å²) < 4.78 is 0. The highest BCUT2D eigenvalue weighted by Crippen LogP contribution is 2.55. The number of hydrogen-bond donors (Lipinski definition) is 0. The van der Waals surface area contributed by atoms with Crippen LogP contribution in [0, 0.1) is 6.92 Å². The Hall–Kier alpha value is -3.42. The summed E-state index contributed by atoms with van der Waals surface area (Å²) in [6.45, 7) is 2.43. The van der Waals surface area contributed by atoms with Gasteiger partial charge in [0.15, 0.2) is 0 Å². The van der Waals surface area contributed by atoms with Gasteiger partial charge >= 0.3 is 0 Å². The van der Waals surface area contributed by atoms with Gasteiger partial charge in [-0.05, 0) is 25.1 Å². The number of thiazole rings is 1. The van der Waals surface area contributed by atoms with Crippen LogP contribution in [0.3, 0.4) is 0 Å². The fourth-order valence-corrected chi connectivity index (χ4v) is 6.82. The van der Waals surface area contributed by atoms with Crippen LogP contribution in [0.4, 0.5) is 11.4 Å². The monoisotopic (exact) mass is 483 g/mol. The molecule has 0 radical (unpaired) electrons. The Morgan fingerprint density at radius 3 is 2.47 bits per heavy atom. The SMILES string of the molecule is Cc1ccc(-c2csc(CN3C(=O)C4(SCC(=O)N4c4ccccc4)c4ccccc43)n2)cc1. The molecule has 0 aliphatic carbocycles. The smallest absolute Gasteiger partial charge is 0.269 e. The molecular formula is C27H21N3O2S2. The molecular weight excluding hydrogens is 462 g/mol. The molecule has 2 aliphatic heterocycles. The van der Waals surface area contributed by atoms with Gasteiger partial charge in [-0.3, -0.25) is 14.5 Å². The van der Waals surface area contributed by atoms with E-state index in [1.165, 1.54) is 17.3 Å². The molecule has 5 nitrogen and oxygen atoms in total. The first-order valence-electron chi connectivity index (χ1n) is 11.0. The number of hydrogen-bond acceptors (Lipinski definition) is 5. The summed E-state index contributed by atoms with van der Waals surface area (Å²) in [5.74, 6) is 0.107. The second-order valence-corrected chi connectivity index (χ2v) is 10.5. The third-order valence-corrected chi connectivity index (χ3v) is 8.49. The zero-order chi connectivity index (χ0) is 23.3. The van der Waals surface area contributed by atoms with Gasteiger partial charge in [-0.1, -0.05) is 66.2 Å². The Morgan fingerprint density at radius 1 is 0.941 bits per heavy atom. The third kappa shape index (κ3) is 3.19. The number of anilines is 2. The minimum Gasteiger partial charge on any atom is -0.302 e. The lowest BCUT2D eigenvalue weighted by Gasteiger charge is -2.33. The number of carbonyl (C=O) groups excluding carboxylic acids is 2. The van der Waals surface area contributed by atoms with Gasteiger partial charge in [0.1, 0.15) is 5.01 Å². The molecule has 168 valence electrons. The number of amides is 2. The van der Waals surface area contributed by atoms with Crippen LogP contribution in [0.2, 0.25) is 0 Å². The second-order valence-electron chi connectivity index (χ2n) is 8.40. The van der Waals surface area contributed by atoms with Gasteiger partial charge in [-0.15, -0.1) is 23.1 Å². The molecule has 3 aromatic carbocycles. The van der Waals surface area contributed by atoms with E-state index in [1.54, 1.807) is 21.1 Å². The maximum Gasteiger partial charge on any atom is 0.269 e. The Labute approximate surface area is 206 Å². The van der Waals surface area contributed by atoms with Crippen LogP contribution in [-0.2, 0) is 21.0 Å². The topological polar surface area (TPSA) is 53.5 Å². The van der Waals surface area contributed by atoms with Gasteiger partial charge in [0, 0.05) is 22.2 Å². The van der Waals surface area contributed by atoms with Crippen molar-refractivity contribution in [2.75, 3.05) is 15.6 Å². The van der Waals surface area contributed by atoms with Crippen LogP contribution in [0.15, 0.2) is 84.2 Å². The fraction of sp³-hybridized carbons (Fsp3) is 0.148. The van der Waals surface area contributed by atoms with Gasteiger partial charge in [0.05, 0.1) is 23.7 Å². The molecule has 1 atom stereocenters. The molecule has 34 heavy (non-hydrogen) atoms. The molecule has 6 rings (SSSR count). The molecule has 1 saturated heterocycles. The number of fused-ring (bicyclic) bond motifs is 2. The van der Waals surface area contributed by atoms with Crippen molar-refractivity contribution in [2.24, 2.45) is 0 Å². The standard InChI is InChI=1S/C27H21N3O2S2/c1-18-11-13-19(14-12-18)22-16-33-24(28-22)15-29-23-10-6-5-9-21(23)27(26(29)32)30(25(31)17-34-27)20-7-3-2-4-8-20/h2-14,16H,15,17H2,1H3. The molecule has 1 aromatic heterocycles. The van der Waals surface area contributed by atoms with E-state index < -0.39 is 4.87 Å². The van der Waals surface area contributed by atoms with E-state index >= 15 is 0 Å². The molecule has 1 spiro atoms. The van der Waals surface area contributed by atoms with Gasteiger partial charge < -0.3 is 4.90 Å². The summed E-state index contributed by atoms with van der Waals surface area (Å²) in [5.41, 5.74) is 5.60. The van der Waals surface area contributed by atoms with E-state index in [-0.39, 0.29) is 17.6 Å². The highest BCUT2D eigenvalue weighted by molar-refractivity contribution is 8.02. The van der Waals surface area contributed by atoms with Crippen molar-refractivity contribution in [3.05, 3.63) is 100 Å². The number of aryl methyl sites for hydroxylation is 1. The summed E-state index contributed by atoms with van der Waals surface area (Å²) in [5, 5.41) is 2.89. The minimum absolute atomic E-state index is 0.0582. The number of carbonyl (C=O) groups is 2. The van der Waals surface area contributed by atoms with Crippen LogP contribution in [0.5, 0.6) is 0 Å². The van der Waals surface area contributed by atoms with Gasteiger partial charge in [-0.25, -0.2) is 4.98 Å². The maximum atomic E-state index is 14.1. The van der Waals surface area contributed by atoms with E-state index in [9.17, 15) is 9.59 Å². The summed E-state index contributed by atoms with van der Waals surface area (Å²) in [4.78, 5) is 34.4. The number of thioether (sulfide) groups is 1. The normalized spacial score (nSPS) is 19.3. The lowest BCUT2D eigenvalue weighted by molar-refractivity contribution is -0.123. The summed E-state index contributed by atoms with van der Waals surface area (Å²) in [6.07, 6.45) is 0. The van der Waals surface area contributed by atoms with E-state index in [2.05, 4.69) is 31.2 Å². The second kappa shape index (κ2) is 8.11. The Morgan fingerprint density at radius 2 is 1.68 bits per heavy atom. The summed E-state index contributed by atoms with van der Waals surface area (Å²) in [7, 11) is 0. The lowest BCUT2D eigenvalue weighted by atomic mass is 10.0.